The van der Waals surface area contributed by atoms with E-state index < -0.39 is 6.10 Å². The van der Waals surface area contributed by atoms with Crippen molar-refractivity contribution in [2.45, 2.75) is 297 Å². The average molecular weight is 833 g/mol. The van der Waals surface area contributed by atoms with E-state index >= 15 is 0 Å². The van der Waals surface area contributed by atoms with Gasteiger partial charge in [-0.2, -0.15) is 0 Å². The lowest BCUT2D eigenvalue weighted by Gasteiger charge is -2.18. The van der Waals surface area contributed by atoms with Gasteiger partial charge in [0.05, 0.1) is 0 Å². The van der Waals surface area contributed by atoms with Crippen molar-refractivity contribution in [2.75, 3.05) is 13.2 Å². The minimum absolute atomic E-state index is 0.0661. The lowest BCUT2D eigenvalue weighted by Crippen LogP contribution is -2.30. The van der Waals surface area contributed by atoms with Crippen LogP contribution in [0.2, 0.25) is 0 Å². The molecule has 0 aliphatic rings. The summed E-state index contributed by atoms with van der Waals surface area (Å²) in [5.41, 5.74) is 0. The Morgan fingerprint density at radius 3 is 0.847 bits per heavy atom. The molecule has 0 aromatic carbocycles. The highest BCUT2D eigenvalue weighted by Crippen LogP contribution is 2.16. The molecule has 0 aliphatic carbocycles. The van der Waals surface area contributed by atoms with Gasteiger partial charge in [-0.1, -0.05) is 238 Å². The van der Waals surface area contributed by atoms with Crippen LogP contribution in [0.4, 0.5) is 0 Å². The number of carbonyl (C=O) groups is 3. The molecule has 0 aromatic heterocycles. The van der Waals surface area contributed by atoms with Crippen molar-refractivity contribution in [3.63, 3.8) is 0 Å². The zero-order valence-corrected chi connectivity index (χ0v) is 39.8. The van der Waals surface area contributed by atoms with Crippen molar-refractivity contribution >= 4 is 17.9 Å². The standard InChI is InChI=1S/C53H100O6/c1-4-7-10-13-16-19-21-23-24-25-26-27-28-29-30-31-33-34-37-40-43-46-52(55)58-49-50(48-57-51(54)45-42-39-36-18-15-12-9-6-3)59-53(56)47-44-41-38-35-32-22-20-17-14-11-8-5-2/h25-26,50H,4-24,27-49H2,1-3H3/b26-25-. The van der Waals surface area contributed by atoms with Crippen LogP contribution in [-0.4, -0.2) is 37.2 Å². The second kappa shape index (κ2) is 48.8. The molecule has 0 rings (SSSR count). The molecule has 6 heteroatoms. The maximum atomic E-state index is 12.7. The summed E-state index contributed by atoms with van der Waals surface area (Å²) >= 11 is 0. The molecule has 0 aromatic rings. The van der Waals surface area contributed by atoms with Gasteiger partial charge < -0.3 is 14.2 Å². The number of hydrogen-bond acceptors (Lipinski definition) is 6. The van der Waals surface area contributed by atoms with Crippen LogP contribution in [0.5, 0.6) is 0 Å². The quantitative estimate of drug-likeness (QED) is 0.0263. The van der Waals surface area contributed by atoms with E-state index in [9.17, 15) is 14.4 Å². The van der Waals surface area contributed by atoms with Gasteiger partial charge in [0.2, 0.25) is 0 Å². The Kier molecular flexibility index (Phi) is 47.3. The van der Waals surface area contributed by atoms with E-state index in [-0.39, 0.29) is 31.1 Å². The predicted molar refractivity (Wildman–Crippen MR) is 252 cm³/mol. The molecule has 6 nitrogen and oxygen atoms in total. The SMILES string of the molecule is CCCCCCCCCC/C=C\CCCCCCCCCCCC(=O)OCC(COC(=O)CCCCCCCCCC)OC(=O)CCCCCCCCCCCCCC. The highest BCUT2D eigenvalue weighted by atomic mass is 16.6. The van der Waals surface area contributed by atoms with Crippen LogP contribution in [-0.2, 0) is 28.6 Å². The van der Waals surface area contributed by atoms with Crippen LogP contribution in [0, 0.1) is 0 Å². The van der Waals surface area contributed by atoms with Gasteiger partial charge in [-0.05, 0) is 44.9 Å². The van der Waals surface area contributed by atoms with Gasteiger partial charge in [0.1, 0.15) is 13.2 Å². The second-order valence-corrected chi connectivity index (χ2v) is 17.8. The Hall–Kier alpha value is -1.85. The smallest absolute Gasteiger partial charge is 0.306 e. The summed E-state index contributed by atoms with van der Waals surface area (Å²) in [7, 11) is 0. The molecule has 0 saturated carbocycles. The van der Waals surface area contributed by atoms with E-state index in [1.165, 1.54) is 193 Å². The molecule has 0 radical (unpaired) electrons. The van der Waals surface area contributed by atoms with Crippen LogP contribution >= 0.6 is 0 Å². The minimum Gasteiger partial charge on any atom is -0.462 e. The molecular formula is C53H100O6. The molecule has 0 amide bonds. The summed E-state index contributed by atoms with van der Waals surface area (Å²) < 4.78 is 16.7. The van der Waals surface area contributed by atoms with E-state index in [1.54, 1.807) is 0 Å². The zero-order valence-electron chi connectivity index (χ0n) is 39.8. The van der Waals surface area contributed by atoms with Crippen molar-refractivity contribution in [1.82, 2.24) is 0 Å². The van der Waals surface area contributed by atoms with Crippen LogP contribution < -0.4 is 0 Å². The van der Waals surface area contributed by atoms with Gasteiger partial charge in [-0.15, -0.1) is 0 Å². The number of carbonyl (C=O) groups excluding carboxylic acids is 3. The number of ether oxygens (including phenoxy) is 3. The topological polar surface area (TPSA) is 78.9 Å². The lowest BCUT2D eigenvalue weighted by molar-refractivity contribution is -0.167. The van der Waals surface area contributed by atoms with E-state index in [2.05, 4.69) is 32.9 Å². The van der Waals surface area contributed by atoms with E-state index in [4.69, 9.17) is 14.2 Å². The molecule has 1 unspecified atom stereocenters. The third-order valence-corrected chi connectivity index (χ3v) is 11.8. The number of allylic oxidation sites excluding steroid dienone is 2. The maximum absolute atomic E-state index is 12.7. The number of esters is 3. The van der Waals surface area contributed by atoms with E-state index in [0.717, 1.165) is 57.8 Å². The summed E-state index contributed by atoms with van der Waals surface area (Å²) in [6, 6.07) is 0. The summed E-state index contributed by atoms with van der Waals surface area (Å²) in [5, 5.41) is 0. The first-order valence-electron chi connectivity index (χ1n) is 26.2. The van der Waals surface area contributed by atoms with E-state index in [1.807, 2.05) is 0 Å². The first kappa shape index (κ1) is 57.1. The predicted octanol–water partition coefficient (Wildman–Crippen LogP) is 17.0. The maximum Gasteiger partial charge on any atom is 0.306 e. The fraction of sp³-hybridized carbons (Fsp3) is 0.906. The molecule has 1 atom stereocenters. The third kappa shape index (κ3) is 47.1. The Labute approximate surface area is 367 Å². The Balaban J connectivity index is 4.17. The monoisotopic (exact) mass is 833 g/mol. The average Bonchev–Trinajstić information content (AvgIpc) is 3.23. The van der Waals surface area contributed by atoms with Crippen LogP contribution in [0.3, 0.4) is 0 Å². The fourth-order valence-corrected chi connectivity index (χ4v) is 7.79. The van der Waals surface area contributed by atoms with Crippen LogP contribution in [0.15, 0.2) is 12.2 Å². The van der Waals surface area contributed by atoms with Gasteiger partial charge in [0, 0.05) is 19.3 Å². The number of rotatable bonds is 48. The molecule has 0 spiro atoms. The van der Waals surface area contributed by atoms with Crippen molar-refractivity contribution in [3.05, 3.63) is 12.2 Å². The Morgan fingerprint density at radius 1 is 0.322 bits per heavy atom. The van der Waals surface area contributed by atoms with Gasteiger partial charge in [0.25, 0.3) is 0 Å². The minimum atomic E-state index is -0.762. The molecule has 0 bridgehead atoms. The van der Waals surface area contributed by atoms with Gasteiger partial charge in [0.15, 0.2) is 6.10 Å². The van der Waals surface area contributed by atoms with Gasteiger partial charge in [-0.25, -0.2) is 0 Å². The van der Waals surface area contributed by atoms with Crippen molar-refractivity contribution < 1.29 is 28.6 Å². The molecule has 0 heterocycles. The van der Waals surface area contributed by atoms with Gasteiger partial charge >= 0.3 is 17.9 Å². The number of hydrogen-bond donors (Lipinski definition) is 0. The molecule has 0 N–H and O–H groups in total. The Bertz CT molecular complexity index is 916. The summed E-state index contributed by atoms with van der Waals surface area (Å²) in [5.74, 6) is -0.858. The largest absolute Gasteiger partial charge is 0.462 e. The van der Waals surface area contributed by atoms with Crippen LogP contribution in [0.25, 0.3) is 0 Å². The first-order valence-corrected chi connectivity index (χ1v) is 26.2. The van der Waals surface area contributed by atoms with Gasteiger partial charge in [-0.3, -0.25) is 14.4 Å². The summed E-state index contributed by atoms with van der Waals surface area (Å²) in [4.78, 5) is 37.8. The van der Waals surface area contributed by atoms with Crippen LogP contribution in [0.1, 0.15) is 290 Å². The molecule has 0 saturated heterocycles. The first-order chi connectivity index (χ1) is 29.0. The third-order valence-electron chi connectivity index (χ3n) is 11.8. The van der Waals surface area contributed by atoms with E-state index in [0.29, 0.717) is 19.3 Å². The molecule has 348 valence electrons. The molecule has 0 fully saturated rings. The molecule has 59 heavy (non-hydrogen) atoms. The summed E-state index contributed by atoms with van der Waals surface area (Å²) in [6.07, 6.45) is 53.5. The number of unbranched alkanes of at least 4 members (excludes halogenated alkanes) is 35. The summed E-state index contributed by atoms with van der Waals surface area (Å²) in [6.45, 7) is 6.63. The molecule has 0 aliphatic heterocycles. The lowest BCUT2D eigenvalue weighted by atomic mass is 10.0. The molecular weight excluding hydrogens is 733 g/mol. The fourth-order valence-electron chi connectivity index (χ4n) is 7.79. The normalized spacial score (nSPS) is 12.0. The van der Waals surface area contributed by atoms with Crippen molar-refractivity contribution in [2.24, 2.45) is 0 Å². The highest BCUT2D eigenvalue weighted by Gasteiger charge is 2.19. The zero-order chi connectivity index (χ0) is 43.0. The highest BCUT2D eigenvalue weighted by molar-refractivity contribution is 5.71. The van der Waals surface area contributed by atoms with Crippen molar-refractivity contribution in [1.29, 1.82) is 0 Å². The van der Waals surface area contributed by atoms with Crippen molar-refractivity contribution in [3.8, 4) is 0 Å². The Morgan fingerprint density at radius 2 is 0.559 bits per heavy atom. The second-order valence-electron chi connectivity index (χ2n) is 17.8.